The number of para-hydroxylation sites is 1. The van der Waals surface area contributed by atoms with Gasteiger partial charge in [0.1, 0.15) is 17.0 Å². The van der Waals surface area contributed by atoms with Crippen molar-refractivity contribution in [3.63, 3.8) is 0 Å². The van der Waals surface area contributed by atoms with Crippen LogP contribution in [0.25, 0.3) is 38.3 Å². The maximum absolute atomic E-state index is 6.07. The van der Waals surface area contributed by atoms with Gasteiger partial charge < -0.3 is 9.32 Å². The van der Waals surface area contributed by atoms with E-state index in [-0.39, 0.29) is 12.0 Å². The molecule has 3 nitrogen and oxygen atoms in total. The molecule has 3 heterocycles. The van der Waals surface area contributed by atoms with E-state index in [1.165, 1.54) is 33.2 Å². The maximum atomic E-state index is 6.07. The number of aromatic nitrogens is 1. The maximum Gasteiger partial charge on any atom is 0.135 e. The van der Waals surface area contributed by atoms with Gasteiger partial charge >= 0.3 is 0 Å². The fourth-order valence-corrected chi connectivity index (χ4v) is 6.05. The second kappa shape index (κ2) is 7.43. The molecule has 8 rings (SSSR count). The summed E-state index contributed by atoms with van der Waals surface area (Å²) in [5.74, 6) is 1.21. The smallest absolute Gasteiger partial charge is 0.135 e. The molecule has 0 N–H and O–H groups in total. The molecule has 0 saturated heterocycles. The number of allylic oxidation sites excluding steroid dienone is 2. The Bertz CT molecular complexity index is 1860. The molecule has 1 aliphatic carbocycles. The van der Waals surface area contributed by atoms with Crippen LogP contribution in [0.4, 0.5) is 11.5 Å². The molecule has 0 amide bonds. The third-order valence-corrected chi connectivity index (χ3v) is 7.64. The molecule has 2 unspecified atom stereocenters. The molecule has 2 aromatic heterocycles. The molecule has 1 aliphatic heterocycles. The largest absolute Gasteiger partial charge is 0.456 e. The first-order chi connectivity index (χ1) is 17.8. The van der Waals surface area contributed by atoms with Crippen LogP contribution in [0.1, 0.15) is 17.0 Å². The molecule has 0 bridgehead atoms. The molecule has 0 spiro atoms. The van der Waals surface area contributed by atoms with Crippen LogP contribution < -0.4 is 4.90 Å². The molecule has 36 heavy (non-hydrogen) atoms. The average Bonchev–Trinajstić information content (AvgIpc) is 3.48. The van der Waals surface area contributed by atoms with E-state index in [2.05, 4.69) is 102 Å². The predicted molar refractivity (Wildman–Crippen MR) is 148 cm³/mol. The van der Waals surface area contributed by atoms with Crippen molar-refractivity contribution in [3.05, 3.63) is 133 Å². The molecule has 3 heteroatoms. The third kappa shape index (κ3) is 2.77. The van der Waals surface area contributed by atoms with Crippen molar-refractivity contribution in [2.75, 3.05) is 4.90 Å². The fraction of sp³-hybridized carbons (Fsp3) is 0.0606. The van der Waals surface area contributed by atoms with Crippen molar-refractivity contribution in [1.82, 2.24) is 4.98 Å². The van der Waals surface area contributed by atoms with E-state index >= 15 is 0 Å². The first-order valence-electron chi connectivity index (χ1n) is 12.4. The zero-order valence-electron chi connectivity index (χ0n) is 19.5. The first kappa shape index (κ1) is 19.7. The lowest BCUT2D eigenvalue weighted by Gasteiger charge is -2.28. The molecule has 170 valence electrons. The SMILES string of the molecule is C1=CC2C(C=C1c1ccc3oc4ccccc4c3c1)c1c(ccc3ccccc13)N2c1ccccn1. The number of pyridine rings is 1. The van der Waals surface area contributed by atoms with Gasteiger partial charge in [0, 0.05) is 28.6 Å². The highest BCUT2D eigenvalue weighted by Gasteiger charge is 2.40. The first-order valence-corrected chi connectivity index (χ1v) is 12.4. The van der Waals surface area contributed by atoms with E-state index in [0.29, 0.717) is 0 Å². The lowest BCUT2D eigenvalue weighted by Crippen LogP contribution is -2.29. The Morgan fingerprint density at radius 1 is 0.722 bits per heavy atom. The highest BCUT2D eigenvalue weighted by molar-refractivity contribution is 6.06. The topological polar surface area (TPSA) is 29.3 Å². The Morgan fingerprint density at radius 3 is 2.47 bits per heavy atom. The van der Waals surface area contributed by atoms with E-state index in [0.717, 1.165) is 27.8 Å². The van der Waals surface area contributed by atoms with Gasteiger partial charge in [0.15, 0.2) is 0 Å². The molecule has 0 radical (unpaired) electrons. The molecule has 2 aliphatic rings. The summed E-state index contributed by atoms with van der Waals surface area (Å²) in [5, 5.41) is 4.90. The summed E-state index contributed by atoms with van der Waals surface area (Å²) in [7, 11) is 0. The minimum atomic E-state index is 0.183. The zero-order chi connectivity index (χ0) is 23.6. The Hall–Kier alpha value is -4.63. The van der Waals surface area contributed by atoms with Crippen molar-refractivity contribution in [3.8, 4) is 0 Å². The highest BCUT2D eigenvalue weighted by atomic mass is 16.3. The number of anilines is 2. The minimum absolute atomic E-state index is 0.183. The Balaban J connectivity index is 1.32. The molecule has 2 atom stereocenters. The van der Waals surface area contributed by atoms with Crippen LogP contribution in [-0.4, -0.2) is 11.0 Å². The summed E-state index contributed by atoms with van der Waals surface area (Å²) in [4.78, 5) is 7.12. The number of hydrogen-bond acceptors (Lipinski definition) is 3. The van der Waals surface area contributed by atoms with E-state index in [1.54, 1.807) is 0 Å². The molecular formula is C33H22N2O. The summed E-state index contributed by atoms with van der Waals surface area (Å²) in [6, 6.07) is 34.3. The molecular weight excluding hydrogens is 440 g/mol. The van der Waals surface area contributed by atoms with Gasteiger partial charge in [-0.2, -0.15) is 0 Å². The second-order valence-electron chi connectivity index (χ2n) is 9.58. The van der Waals surface area contributed by atoms with Crippen LogP contribution in [-0.2, 0) is 0 Å². The summed E-state index contributed by atoms with van der Waals surface area (Å²) in [6.45, 7) is 0. The number of hydrogen-bond donors (Lipinski definition) is 0. The van der Waals surface area contributed by atoms with Crippen LogP contribution in [0.3, 0.4) is 0 Å². The monoisotopic (exact) mass is 462 g/mol. The fourth-order valence-electron chi connectivity index (χ4n) is 6.05. The van der Waals surface area contributed by atoms with E-state index < -0.39 is 0 Å². The van der Waals surface area contributed by atoms with Crippen LogP contribution in [0, 0.1) is 0 Å². The zero-order valence-corrected chi connectivity index (χ0v) is 19.5. The molecule has 0 fully saturated rings. The number of rotatable bonds is 2. The van der Waals surface area contributed by atoms with Gasteiger partial charge in [-0.15, -0.1) is 0 Å². The summed E-state index contributed by atoms with van der Waals surface area (Å²) >= 11 is 0. The van der Waals surface area contributed by atoms with Crippen LogP contribution in [0.15, 0.2) is 126 Å². The molecule has 0 saturated carbocycles. The van der Waals surface area contributed by atoms with Crippen molar-refractivity contribution >= 4 is 49.8 Å². The van der Waals surface area contributed by atoms with Gasteiger partial charge in [0.2, 0.25) is 0 Å². The summed E-state index contributed by atoms with van der Waals surface area (Å²) in [5.41, 5.74) is 6.92. The van der Waals surface area contributed by atoms with Gasteiger partial charge in [-0.1, -0.05) is 78.9 Å². The predicted octanol–water partition coefficient (Wildman–Crippen LogP) is 8.39. The van der Waals surface area contributed by atoms with E-state index in [1.807, 2.05) is 24.4 Å². The Kier molecular flexibility index (Phi) is 4.06. The number of nitrogens with zero attached hydrogens (tertiary/aromatic N) is 2. The van der Waals surface area contributed by atoms with Gasteiger partial charge in [0.05, 0.1) is 6.04 Å². The van der Waals surface area contributed by atoms with Crippen molar-refractivity contribution in [2.24, 2.45) is 0 Å². The molecule has 6 aromatic rings. The third-order valence-electron chi connectivity index (χ3n) is 7.64. The van der Waals surface area contributed by atoms with Gasteiger partial charge in [-0.3, -0.25) is 0 Å². The molecule has 4 aromatic carbocycles. The Morgan fingerprint density at radius 2 is 1.56 bits per heavy atom. The van der Waals surface area contributed by atoms with Gasteiger partial charge in [0.25, 0.3) is 0 Å². The average molecular weight is 463 g/mol. The Labute approximate surface area is 208 Å². The quantitative estimate of drug-likeness (QED) is 0.259. The standard InChI is InChI=1S/C33H22N2O/c1-2-8-24-21(7-1)12-16-29-33(24)27-20-22(13-15-28(27)35(29)32-11-5-6-18-34-32)23-14-17-31-26(19-23)25-9-3-4-10-30(25)36-31/h1-20,27-28H. The summed E-state index contributed by atoms with van der Waals surface area (Å²) < 4.78 is 6.07. The van der Waals surface area contributed by atoms with Crippen molar-refractivity contribution in [2.45, 2.75) is 12.0 Å². The number of benzene rings is 4. The number of fused-ring (bicyclic) bond motifs is 8. The number of furan rings is 1. The normalized spacial score (nSPS) is 18.6. The highest BCUT2D eigenvalue weighted by Crippen LogP contribution is 2.51. The van der Waals surface area contributed by atoms with Crippen molar-refractivity contribution < 1.29 is 4.42 Å². The van der Waals surface area contributed by atoms with Gasteiger partial charge in [-0.25, -0.2) is 4.98 Å². The van der Waals surface area contributed by atoms with Crippen LogP contribution in [0.5, 0.6) is 0 Å². The second-order valence-corrected chi connectivity index (χ2v) is 9.58. The minimum Gasteiger partial charge on any atom is -0.456 e. The van der Waals surface area contributed by atoms with Crippen molar-refractivity contribution in [1.29, 1.82) is 0 Å². The lowest BCUT2D eigenvalue weighted by atomic mass is 9.84. The van der Waals surface area contributed by atoms with E-state index in [4.69, 9.17) is 9.40 Å². The lowest BCUT2D eigenvalue weighted by molar-refractivity contribution is 0.669. The van der Waals surface area contributed by atoms with Crippen LogP contribution >= 0.6 is 0 Å². The van der Waals surface area contributed by atoms with Gasteiger partial charge in [-0.05, 0) is 63.9 Å². The van der Waals surface area contributed by atoms with Crippen LogP contribution in [0.2, 0.25) is 0 Å². The van der Waals surface area contributed by atoms with E-state index in [9.17, 15) is 0 Å². The summed E-state index contributed by atoms with van der Waals surface area (Å²) in [6.07, 6.45) is 8.94.